The molecule has 3 aliphatic heterocycles. The Kier molecular flexibility index (Phi) is 5.47. The number of nitro benzene ring substituents is 1. The normalized spacial score (nSPS) is 28.6. The van der Waals surface area contributed by atoms with Crippen molar-refractivity contribution >= 4 is 51.5 Å². The average molecular weight is 499 g/mol. The first kappa shape index (κ1) is 22.9. The molecule has 3 saturated heterocycles. The van der Waals surface area contributed by atoms with Crippen molar-refractivity contribution in [3.05, 3.63) is 70.3 Å². The fourth-order valence-corrected chi connectivity index (χ4v) is 6.55. The summed E-state index contributed by atoms with van der Waals surface area (Å²) in [6.07, 6.45) is -1.03. The fourth-order valence-electron chi connectivity index (χ4n) is 4.73. The maximum absolute atomic E-state index is 13.7. The Hall–Kier alpha value is -2.86. The average Bonchev–Trinajstić information content (AvgIpc) is 3.39. The second-order valence-electron chi connectivity index (χ2n) is 9.00. The third kappa shape index (κ3) is 3.34. The number of anilines is 1. The van der Waals surface area contributed by atoms with Crippen molar-refractivity contribution in [3.8, 4) is 0 Å². The summed E-state index contributed by atoms with van der Waals surface area (Å²) < 4.78 is 0.664. The number of likely N-dealkylation sites (N-methyl/N-ethyl adjacent to an activating group) is 1. The molecular weight excluding hydrogens is 476 g/mol. The molecule has 3 heterocycles. The van der Waals surface area contributed by atoms with Crippen molar-refractivity contribution in [1.82, 2.24) is 9.96 Å². The molecule has 0 radical (unpaired) electrons. The van der Waals surface area contributed by atoms with Crippen LogP contribution in [0.1, 0.15) is 25.5 Å². The maximum Gasteiger partial charge on any atom is 0.269 e. The number of benzene rings is 2. The number of rotatable bonds is 4. The lowest BCUT2D eigenvalue weighted by Crippen LogP contribution is -2.51. The van der Waals surface area contributed by atoms with E-state index in [1.165, 1.54) is 23.9 Å². The van der Waals surface area contributed by atoms with E-state index in [2.05, 4.69) is 0 Å². The van der Waals surface area contributed by atoms with Gasteiger partial charge in [0.25, 0.3) is 11.6 Å². The Morgan fingerprint density at radius 2 is 1.79 bits per heavy atom. The summed E-state index contributed by atoms with van der Waals surface area (Å²) in [6.45, 7) is 4.01. The largest absolute Gasteiger partial charge is 0.353 e. The SMILES string of the molecule is CN1C(=S)S[C@@H](N2O[C@@H]3C(=O)N(c4ccccc4)C(=O)[C@H]3[C@H]2c2cccc([N+](=O)[O-])c2)C1(C)C. The number of hydrogen-bond acceptors (Lipinski definition) is 8. The van der Waals surface area contributed by atoms with Gasteiger partial charge in [-0.25, -0.2) is 4.90 Å². The smallest absolute Gasteiger partial charge is 0.269 e. The van der Waals surface area contributed by atoms with E-state index in [-0.39, 0.29) is 11.1 Å². The lowest BCUT2D eigenvalue weighted by Gasteiger charge is -2.39. The fraction of sp³-hybridized carbons (Fsp3) is 0.348. The predicted molar refractivity (Wildman–Crippen MR) is 131 cm³/mol. The Bertz CT molecular complexity index is 1210. The summed E-state index contributed by atoms with van der Waals surface area (Å²) in [5.41, 5.74) is 0.430. The number of amides is 2. The molecule has 9 nitrogen and oxygen atoms in total. The van der Waals surface area contributed by atoms with Crippen molar-refractivity contribution in [2.24, 2.45) is 5.92 Å². The number of imide groups is 1. The van der Waals surface area contributed by atoms with Crippen LogP contribution in [0.4, 0.5) is 11.4 Å². The molecule has 0 saturated carbocycles. The van der Waals surface area contributed by atoms with Crippen LogP contribution in [-0.4, -0.2) is 55.1 Å². The third-order valence-corrected chi connectivity index (χ3v) is 8.81. The van der Waals surface area contributed by atoms with E-state index in [1.807, 2.05) is 25.8 Å². The number of hydroxylamine groups is 2. The predicted octanol–water partition coefficient (Wildman–Crippen LogP) is 3.51. The summed E-state index contributed by atoms with van der Waals surface area (Å²) in [5.74, 6) is -1.70. The lowest BCUT2D eigenvalue weighted by molar-refractivity contribution is -0.385. The maximum atomic E-state index is 13.7. The van der Waals surface area contributed by atoms with Gasteiger partial charge in [0.1, 0.15) is 9.69 Å². The van der Waals surface area contributed by atoms with Crippen molar-refractivity contribution in [2.75, 3.05) is 11.9 Å². The van der Waals surface area contributed by atoms with Gasteiger partial charge in [0.2, 0.25) is 5.91 Å². The highest BCUT2D eigenvalue weighted by Gasteiger charge is 2.63. The number of thioether (sulfide) groups is 1. The zero-order chi connectivity index (χ0) is 24.4. The molecular formula is C23H22N4O5S2. The minimum Gasteiger partial charge on any atom is -0.353 e. The highest BCUT2D eigenvalue weighted by atomic mass is 32.2. The molecule has 2 amide bonds. The van der Waals surface area contributed by atoms with Crippen LogP contribution >= 0.6 is 24.0 Å². The Balaban J connectivity index is 1.61. The lowest BCUT2D eigenvalue weighted by atomic mass is 9.89. The highest BCUT2D eigenvalue weighted by Crippen LogP contribution is 2.52. The molecule has 0 unspecified atom stereocenters. The van der Waals surface area contributed by atoms with Crippen molar-refractivity contribution in [1.29, 1.82) is 0 Å². The van der Waals surface area contributed by atoms with Gasteiger partial charge in [-0.15, -0.1) is 0 Å². The highest BCUT2D eigenvalue weighted by molar-refractivity contribution is 8.23. The number of nitro groups is 1. The van der Waals surface area contributed by atoms with E-state index in [9.17, 15) is 19.7 Å². The number of carbonyl (C=O) groups is 2. The van der Waals surface area contributed by atoms with E-state index < -0.39 is 40.3 Å². The zero-order valence-electron chi connectivity index (χ0n) is 18.7. The van der Waals surface area contributed by atoms with Gasteiger partial charge in [0.05, 0.1) is 28.1 Å². The quantitative estimate of drug-likeness (QED) is 0.272. The number of non-ortho nitro benzene ring substituents is 1. The number of carbonyl (C=O) groups excluding carboxylic acids is 2. The summed E-state index contributed by atoms with van der Waals surface area (Å²) in [4.78, 5) is 47.4. The third-order valence-electron chi connectivity index (χ3n) is 6.77. The summed E-state index contributed by atoms with van der Waals surface area (Å²) in [5, 5.41) is 12.8. The standard InChI is InChI=1S/C23H22N4O5S2/c1-23(2)21(34-22(33)24(23)3)26-17(13-8-7-11-15(12-13)27(30)31)16-18(32-26)20(29)25(19(16)28)14-9-5-4-6-10-14/h4-12,16-18,21H,1-3H3/t16-,17+,18-,21+/m0/s1. The van der Waals surface area contributed by atoms with Gasteiger partial charge in [0.15, 0.2) is 6.10 Å². The van der Waals surface area contributed by atoms with Gasteiger partial charge in [0, 0.05) is 19.2 Å². The second-order valence-corrected chi connectivity index (χ2v) is 10.7. The van der Waals surface area contributed by atoms with Crippen molar-refractivity contribution in [2.45, 2.75) is 36.9 Å². The first-order valence-electron chi connectivity index (χ1n) is 10.7. The molecule has 0 bridgehead atoms. The molecule has 34 heavy (non-hydrogen) atoms. The van der Waals surface area contributed by atoms with E-state index in [0.29, 0.717) is 15.6 Å². The summed E-state index contributed by atoms with van der Waals surface area (Å²) in [6, 6.07) is 14.2. The van der Waals surface area contributed by atoms with Crippen molar-refractivity contribution in [3.63, 3.8) is 0 Å². The topological polar surface area (TPSA) is 96.2 Å². The van der Waals surface area contributed by atoms with Crippen LogP contribution in [0.3, 0.4) is 0 Å². The molecule has 3 fully saturated rings. The van der Waals surface area contributed by atoms with Gasteiger partial charge < -0.3 is 4.90 Å². The first-order chi connectivity index (χ1) is 16.1. The van der Waals surface area contributed by atoms with Gasteiger partial charge in [-0.05, 0) is 31.5 Å². The number of fused-ring (bicyclic) bond motifs is 1. The minimum absolute atomic E-state index is 0.0939. The molecule has 11 heteroatoms. The number of para-hydroxylation sites is 1. The molecule has 2 aromatic carbocycles. The van der Waals surface area contributed by atoms with Gasteiger partial charge in [-0.3, -0.25) is 24.5 Å². The first-order valence-corrected chi connectivity index (χ1v) is 12.0. The minimum atomic E-state index is -1.03. The molecule has 0 N–H and O–H groups in total. The van der Waals surface area contributed by atoms with Gasteiger partial charge in [-0.2, -0.15) is 5.06 Å². The Morgan fingerprint density at radius 3 is 2.41 bits per heavy atom. The monoisotopic (exact) mass is 498 g/mol. The molecule has 4 atom stereocenters. The Morgan fingerprint density at radius 1 is 1.09 bits per heavy atom. The second kappa shape index (κ2) is 8.12. The molecule has 3 aliphatic rings. The van der Waals surface area contributed by atoms with Crippen LogP contribution in [0, 0.1) is 16.0 Å². The zero-order valence-corrected chi connectivity index (χ0v) is 20.3. The molecule has 176 valence electrons. The van der Waals surface area contributed by atoms with E-state index in [0.717, 1.165) is 4.90 Å². The van der Waals surface area contributed by atoms with Crippen LogP contribution in [-0.2, 0) is 14.4 Å². The van der Waals surface area contributed by atoms with Crippen LogP contribution < -0.4 is 4.90 Å². The van der Waals surface area contributed by atoms with Gasteiger partial charge >= 0.3 is 0 Å². The molecule has 5 rings (SSSR count). The Labute approximate surface area is 205 Å². The van der Waals surface area contributed by atoms with Crippen LogP contribution in [0.2, 0.25) is 0 Å². The summed E-state index contributed by atoms with van der Waals surface area (Å²) >= 11 is 6.93. The molecule has 2 aromatic rings. The number of hydrogen-bond donors (Lipinski definition) is 0. The number of thiocarbonyl (C=S) groups is 1. The molecule has 0 aliphatic carbocycles. The van der Waals surface area contributed by atoms with Crippen molar-refractivity contribution < 1.29 is 19.3 Å². The number of nitrogens with zero attached hydrogens (tertiary/aromatic N) is 4. The molecule has 0 spiro atoms. The van der Waals surface area contributed by atoms with Crippen LogP contribution in [0.25, 0.3) is 0 Å². The van der Waals surface area contributed by atoms with Crippen LogP contribution in [0.15, 0.2) is 54.6 Å². The summed E-state index contributed by atoms with van der Waals surface area (Å²) in [7, 11) is 1.89. The van der Waals surface area contributed by atoms with E-state index in [1.54, 1.807) is 47.5 Å². The molecule has 0 aromatic heterocycles. The van der Waals surface area contributed by atoms with Gasteiger partial charge in [-0.1, -0.05) is 54.3 Å². The van der Waals surface area contributed by atoms with E-state index >= 15 is 0 Å². The van der Waals surface area contributed by atoms with Crippen LogP contribution in [0.5, 0.6) is 0 Å². The van der Waals surface area contributed by atoms with E-state index in [4.69, 9.17) is 17.1 Å².